The molecule has 0 saturated carbocycles. The van der Waals surface area contributed by atoms with E-state index in [4.69, 9.17) is 9.47 Å². The first-order valence-electron chi connectivity index (χ1n) is 10.6. The number of methoxy groups -OCH3 is 1. The average Bonchev–Trinajstić information content (AvgIpc) is 2.72. The van der Waals surface area contributed by atoms with E-state index in [-0.39, 0.29) is 24.4 Å². The Labute approximate surface area is 191 Å². The summed E-state index contributed by atoms with van der Waals surface area (Å²) in [4.78, 5) is 26.0. The number of carboxylic acid groups (broad SMARTS) is 1. The summed E-state index contributed by atoms with van der Waals surface area (Å²) in [5, 5.41) is 12.1. The van der Waals surface area contributed by atoms with Gasteiger partial charge in [0.2, 0.25) is 0 Å². The van der Waals surface area contributed by atoms with E-state index in [9.17, 15) is 23.5 Å². The lowest BCUT2D eigenvalue weighted by molar-refractivity contribution is -0.121. The molecule has 178 valence electrons. The molecule has 1 unspecified atom stereocenters. The van der Waals surface area contributed by atoms with Crippen LogP contribution in [0, 0.1) is 11.6 Å². The molecule has 2 amide bonds. The number of fused-ring (bicyclic) bond motifs is 1. The molecule has 0 saturated heterocycles. The first kappa shape index (κ1) is 24.4. The number of anilines is 1. The molecule has 2 aromatic carbocycles. The molecule has 0 bridgehead atoms. The number of nitrogens with one attached hydrogen (secondary N) is 1. The van der Waals surface area contributed by atoms with Gasteiger partial charge in [-0.05, 0) is 48.7 Å². The topological polar surface area (TPSA) is 88.1 Å². The fraction of sp³-hybridized carbons (Fsp3) is 0.417. The predicted molar refractivity (Wildman–Crippen MR) is 119 cm³/mol. The molecule has 0 radical (unpaired) electrons. The highest BCUT2D eigenvalue weighted by atomic mass is 19.1. The predicted octanol–water partition coefficient (Wildman–Crippen LogP) is 4.50. The van der Waals surface area contributed by atoms with Crippen LogP contribution in [0.4, 0.5) is 19.3 Å². The molecule has 0 aromatic heterocycles. The Kier molecular flexibility index (Phi) is 7.22. The molecule has 1 atom stereocenters. The van der Waals surface area contributed by atoms with Gasteiger partial charge in [0.05, 0.1) is 13.2 Å². The molecule has 0 spiro atoms. The van der Waals surface area contributed by atoms with Crippen molar-refractivity contribution < 1.29 is 33.0 Å². The highest BCUT2D eigenvalue weighted by molar-refractivity contribution is 5.97. The van der Waals surface area contributed by atoms with Gasteiger partial charge in [-0.25, -0.2) is 13.6 Å². The number of hydrogen-bond donors (Lipinski definition) is 2. The zero-order chi connectivity index (χ0) is 24.3. The summed E-state index contributed by atoms with van der Waals surface area (Å²) in [6.45, 7) is 5.82. The van der Waals surface area contributed by atoms with Crippen molar-refractivity contribution in [1.82, 2.24) is 4.90 Å². The van der Waals surface area contributed by atoms with Gasteiger partial charge in [0.25, 0.3) is 5.91 Å². The molecular weight excluding hydrogens is 434 g/mol. The minimum atomic E-state index is -1.26. The van der Waals surface area contributed by atoms with Gasteiger partial charge in [0.1, 0.15) is 23.4 Å². The molecular formula is C24H28F2N2O5. The van der Waals surface area contributed by atoms with E-state index >= 15 is 0 Å². The molecule has 0 fully saturated rings. The number of halogens is 2. The van der Waals surface area contributed by atoms with E-state index in [2.05, 4.69) is 5.32 Å². The molecule has 0 aliphatic carbocycles. The minimum absolute atomic E-state index is 0.0999. The third-order valence-corrected chi connectivity index (χ3v) is 5.64. The van der Waals surface area contributed by atoms with Crippen LogP contribution in [-0.2, 0) is 21.4 Å². The van der Waals surface area contributed by atoms with Gasteiger partial charge in [-0.1, -0.05) is 19.9 Å². The fourth-order valence-corrected chi connectivity index (χ4v) is 4.28. The molecule has 1 aliphatic rings. The van der Waals surface area contributed by atoms with Crippen LogP contribution >= 0.6 is 0 Å². The minimum Gasteiger partial charge on any atom is -0.494 e. The lowest BCUT2D eigenvalue weighted by Crippen LogP contribution is -2.44. The van der Waals surface area contributed by atoms with E-state index in [1.54, 1.807) is 32.0 Å². The number of rotatable bonds is 7. The van der Waals surface area contributed by atoms with Crippen LogP contribution < -0.4 is 10.1 Å². The molecule has 1 heterocycles. The van der Waals surface area contributed by atoms with Crippen molar-refractivity contribution in [2.75, 3.05) is 32.2 Å². The Hall–Kier alpha value is -3.20. The number of nitrogens with zero attached hydrogens (tertiary/aromatic N) is 1. The lowest BCUT2D eigenvalue weighted by Gasteiger charge is -2.34. The van der Waals surface area contributed by atoms with E-state index in [1.165, 1.54) is 7.11 Å². The first-order chi connectivity index (χ1) is 15.6. The smallest absolute Gasteiger partial charge is 0.408 e. The van der Waals surface area contributed by atoms with E-state index in [0.29, 0.717) is 24.3 Å². The highest BCUT2D eigenvalue weighted by Gasteiger charge is 2.37. The summed E-state index contributed by atoms with van der Waals surface area (Å²) < 4.78 is 40.2. The number of carbonyl (C=O) groups is 2. The first-order valence-corrected chi connectivity index (χ1v) is 10.6. The maximum absolute atomic E-state index is 14.8. The van der Waals surface area contributed by atoms with Crippen LogP contribution in [-0.4, -0.2) is 48.9 Å². The summed E-state index contributed by atoms with van der Waals surface area (Å²) in [7, 11) is 1.44. The molecule has 2 aromatic rings. The Bertz CT molecular complexity index is 1030. The third-order valence-electron chi connectivity index (χ3n) is 5.64. The highest BCUT2D eigenvalue weighted by Crippen LogP contribution is 2.35. The van der Waals surface area contributed by atoms with Gasteiger partial charge >= 0.3 is 6.09 Å². The lowest BCUT2D eigenvalue weighted by atomic mass is 9.84. The molecule has 3 rings (SSSR count). The van der Waals surface area contributed by atoms with Crippen molar-refractivity contribution in [2.24, 2.45) is 0 Å². The Morgan fingerprint density at radius 2 is 1.88 bits per heavy atom. The third kappa shape index (κ3) is 5.08. The van der Waals surface area contributed by atoms with Crippen molar-refractivity contribution >= 4 is 17.7 Å². The SMILES string of the molecule is CCOc1ccc2c(c1)CCN(C(=O)O)C2C(=O)Nc1cc(F)c(C(C)(C)COC)c(F)c1. The zero-order valence-corrected chi connectivity index (χ0v) is 19.1. The quantitative estimate of drug-likeness (QED) is 0.633. The van der Waals surface area contributed by atoms with Gasteiger partial charge < -0.3 is 19.9 Å². The standard InChI is InChI=1S/C24H28F2N2O5/c1-5-33-16-6-7-17-14(10-16)8-9-28(23(30)31)21(17)22(29)27-15-11-18(25)20(19(26)12-15)24(2,3)13-32-4/h6-7,10-12,21H,5,8-9,13H2,1-4H3,(H,27,29)(H,30,31). The zero-order valence-electron chi connectivity index (χ0n) is 19.1. The number of ether oxygens (including phenoxy) is 2. The normalized spacial score (nSPS) is 15.7. The van der Waals surface area contributed by atoms with Crippen LogP contribution in [0.3, 0.4) is 0 Å². The van der Waals surface area contributed by atoms with Crippen molar-refractivity contribution in [3.63, 3.8) is 0 Å². The van der Waals surface area contributed by atoms with E-state index < -0.39 is 35.1 Å². The van der Waals surface area contributed by atoms with Crippen molar-refractivity contribution in [1.29, 1.82) is 0 Å². The number of benzene rings is 2. The molecule has 9 heteroatoms. The molecule has 2 N–H and O–H groups in total. The van der Waals surface area contributed by atoms with Crippen LogP contribution in [0.1, 0.15) is 43.5 Å². The maximum Gasteiger partial charge on any atom is 0.408 e. The van der Waals surface area contributed by atoms with Crippen LogP contribution in [0.2, 0.25) is 0 Å². The summed E-state index contributed by atoms with van der Waals surface area (Å²) in [6, 6.07) is 5.99. The van der Waals surface area contributed by atoms with Crippen molar-refractivity contribution in [3.8, 4) is 5.75 Å². The molecule has 7 nitrogen and oxygen atoms in total. The second-order valence-electron chi connectivity index (χ2n) is 8.54. The summed E-state index contributed by atoms with van der Waals surface area (Å²) in [6.07, 6.45) is -0.845. The van der Waals surface area contributed by atoms with Gasteiger partial charge in [-0.2, -0.15) is 0 Å². The molecule has 33 heavy (non-hydrogen) atoms. The monoisotopic (exact) mass is 462 g/mol. The van der Waals surface area contributed by atoms with E-state index in [0.717, 1.165) is 22.6 Å². The van der Waals surface area contributed by atoms with Gasteiger partial charge in [0, 0.05) is 30.3 Å². The largest absolute Gasteiger partial charge is 0.494 e. The second-order valence-corrected chi connectivity index (χ2v) is 8.54. The summed E-state index contributed by atoms with van der Waals surface area (Å²) in [5.41, 5.74) is 0.110. The summed E-state index contributed by atoms with van der Waals surface area (Å²) >= 11 is 0. The maximum atomic E-state index is 14.8. The van der Waals surface area contributed by atoms with Crippen LogP contribution in [0.25, 0.3) is 0 Å². The fourth-order valence-electron chi connectivity index (χ4n) is 4.28. The van der Waals surface area contributed by atoms with Crippen LogP contribution in [0.5, 0.6) is 5.75 Å². The van der Waals surface area contributed by atoms with Crippen molar-refractivity contribution in [3.05, 3.63) is 58.7 Å². The summed E-state index contributed by atoms with van der Waals surface area (Å²) in [5.74, 6) is -1.73. The Morgan fingerprint density at radius 3 is 2.45 bits per heavy atom. The van der Waals surface area contributed by atoms with Crippen LogP contribution in [0.15, 0.2) is 30.3 Å². The van der Waals surface area contributed by atoms with Crippen molar-refractivity contribution in [2.45, 2.75) is 38.6 Å². The average molecular weight is 462 g/mol. The number of hydrogen-bond acceptors (Lipinski definition) is 4. The second kappa shape index (κ2) is 9.74. The number of amides is 2. The Morgan fingerprint density at radius 1 is 1.21 bits per heavy atom. The number of carbonyl (C=O) groups excluding carboxylic acids is 1. The van der Waals surface area contributed by atoms with Gasteiger partial charge in [-0.15, -0.1) is 0 Å². The van der Waals surface area contributed by atoms with E-state index in [1.807, 2.05) is 6.92 Å². The Balaban J connectivity index is 1.93. The molecule has 1 aliphatic heterocycles. The van der Waals surface area contributed by atoms with Gasteiger partial charge in [-0.3, -0.25) is 9.69 Å². The van der Waals surface area contributed by atoms with Gasteiger partial charge in [0.15, 0.2) is 0 Å².